The Morgan fingerprint density at radius 1 is 1.43 bits per heavy atom. The molecule has 0 radical (unpaired) electrons. The molecule has 0 bridgehead atoms. The van der Waals surface area contributed by atoms with Gasteiger partial charge >= 0.3 is 13.1 Å². The van der Waals surface area contributed by atoms with E-state index < -0.39 is 18.6 Å². The summed E-state index contributed by atoms with van der Waals surface area (Å²) in [5, 5.41) is 19.8. The molecule has 1 aromatic heterocycles. The molecule has 5 rings (SSSR count). The fraction of sp³-hybridized carbons (Fsp3) is 0.421. The maximum atomic E-state index is 12.7. The molecule has 1 aromatic carbocycles. The number of aromatic nitrogens is 2. The summed E-state index contributed by atoms with van der Waals surface area (Å²) in [5.74, 6) is -0.994. The third-order valence-corrected chi connectivity index (χ3v) is 6.11. The first-order chi connectivity index (χ1) is 14.3. The van der Waals surface area contributed by atoms with Gasteiger partial charge in [0.2, 0.25) is 5.91 Å². The SMILES string of the molecule is C[C@@](N)(C(=O)N1CC(Oc2ccc3c(c2C(=O)O)OB(O)[C@@H]2C[C@H]32)C1)c1c[nH]cn1. The highest BCUT2D eigenvalue weighted by Crippen LogP contribution is 2.60. The van der Waals surface area contributed by atoms with Crippen LogP contribution in [-0.4, -0.2) is 63.2 Å². The van der Waals surface area contributed by atoms with Crippen LogP contribution in [0.2, 0.25) is 5.82 Å². The van der Waals surface area contributed by atoms with Crippen molar-refractivity contribution >= 4 is 19.0 Å². The number of amides is 1. The van der Waals surface area contributed by atoms with Crippen LogP contribution in [0.15, 0.2) is 24.7 Å². The zero-order valence-corrected chi connectivity index (χ0v) is 16.2. The second kappa shape index (κ2) is 6.48. The molecule has 3 heterocycles. The van der Waals surface area contributed by atoms with Crippen molar-refractivity contribution in [3.8, 4) is 11.5 Å². The molecular formula is C19H21BN4O6. The van der Waals surface area contributed by atoms with Gasteiger partial charge in [-0.3, -0.25) is 4.79 Å². The van der Waals surface area contributed by atoms with Crippen LogP contribution in [0, 0.1) is 0 Å². The molecule has 156 valence electrons. The predicted molar refractivity (Wildman–Crippen MR) is 104 cm³/mol. The van der Waals surface area contributed by atoms with Crippen molar-refractivity contribution in [2.75, 3.05) is 13.1 Å². The number of fused-ring (bicyclic) bond motifs is 3. The highest BCUT2D eigenvalue weighted by molar-refractivity contribution is 6.48. The minimum atomic E-state index is -1.27. The van der Waals surface area contributed by atoms with E-state index >= 15 is 0 Å². The summed E-state index contributed by atoms with van der Waals surface area (Å²) in [5.41, 5.74) is 6.04. The summed E-state index contributed by atoms with van der Waals surface area (Å²) < 4.78 is 11.4. The van der Waals surface area contributed by atoms with E-state index in [1.54, 1.807) is 30.2 Å². The number of carbonyl (C=O) groups is 2. The molecule has 11 heteroatoms. The number of hydrogen-bond acceptors (Lipinski definition) is 7. The molecule has 2 aliphatic heterocycles. The quantitative estimate of drug-likeness (QED) is 0.512. The molecular weight excluding hydrogens is 391 g/mol. The van der Waals surface area contributed by atoms with Gasteiger partial charge in [0.15, 0.2) is 0 Å². The summed E-state index contributed by atoms with van der Waals surface area (Å²) in [7, 11) is -1.00. The van der Waals surface area contributed by atoms with E-state index in [0.29, 0.717) is 5.69 Å². The molecule has 10 nitrogen and oxygen atoms in total. The molecule has 2 fully saturated rings. The summed E-state index contributed by atoms with van der Waals surface area (Å²) in [6.45, 7) is 2.15. The van der Waals surface area contributed by atoms with Crippen molar-refractivity contribution in [3.63, 3.8) is 0 Å². The molecule has 3 aliphatic rings. The number of benzene rings is 1. The number of carbonyl (C=O) groups excluding carboxylic acids is 1. The summed E-state index contributed by atoms with van der Waals surface area (Å²) in [6.07, 6.45) is 3.45. The Kier molecular flexibility index (Phi) is 4.09. The third-order valence-electron chi connectivity index (χ3n) is 6.11. The van der Waals surface area contributed by atoms with Gasteiger partial charge in [-0.2, -0.15) is 0 Å². The maximum absolute atomic E-state index is 12.7. The molecule has 30 heavy (non-hydrogen) atoms. The molecule has 2 aromatic rings. The number of aromatic amines is 1. The number of imidazole rings is 1. The average Bonchev–Trinajstić information content (AvgIpc) is 3.28. The van der Waals surface area contributed by atoms with Crippen LogP contribution in [-0.2, 0) is 10.3 Å². The predicted octanol–water partition coefficient (Wildman–Crippen LogP) is 0.302. The van der Waals surface area contributed by atoms with Crippen molar-refractivity contribution in [2.24, 2.45) is 5.73 Å². The minimum absolute atomic E-state index is 0.0252. The van der Waals surface area contributed by atoms with Gasteiger partial charge in [-0.1, -0.05) is 6.07 Å². The van der Waals surface area contributed by atoms with Crippen molar-refractivity contribution in [1.82, 2.24) is 14.9 Å². The Hall–Kier alpha value is -3.05. The van der Waals surface area contributed by atoms with Gasteiger partial charge in [0.05, 0.1) is 25.1 Å². The van der Waals surface area contributed by atoms with Crippen molar-refractivity contribution in [3.05, 3.63) is 41.5 Å². The monoisotopic (exact) mass is 412 g/mol. The Morgan fingerprint density at radius 2 is 2.20 bits per heavy atom. The molecule has 1 saturated heterocycles. The van der Waals surface area contributed by atoms with Crippen LogP contribution in [0.3, 0.4) is 0 Å². The highest BCUT2D eigenvalue weighted by atomic mass is 16.5. The summed E-state index contributed by atoms with van der Waals surface area (Å²) in [4.78, 5) is 33.0. The number of nitrogens with zero attached hydrogens (tertiary/aromatic N) is 2. The minimum Gasteiger partial charge on any atom is -0.535 e. The third kappa shape index (κ3) is 2.84. The lowest BCUT2D eigenvalue weighted by Gasteiger charge is -2.42. The number of ether oxygens (including phenoxy) is 1. The lowest BCUT2D eigenvalue weighted by atomic mass is 9.77. The molecule has 0 spiro atoms. The second-order valence-corrected chi connectivity index (χ2v) is 8.28. The molecule has 0 unspecified atom stereocenters. The Morgan fingerprint density at radius 3 is 2.87 bits per heavy atom. The number of H-pyrrole nitrogens is 1. The largest absolute Gasteiger partial charge is 0.535 e. The number of rotatable bonds is 5. The molecule has 1 amide bonds. The normalized spacial score (nSPS) is 24.1. The van der Waals surface area contributed by atoms with Crippen molar-refractivity contribution < 1.29 is 29.1 Å². The summed E-state index contributed by atoms with van der Waals surface area (Å²) in [6, 6.07) is 3.42. The Bertz CT molecular complexity index is 1020. The lowest BCUT2D eigenvalue weighted by molar-refractivity contribution is -0.145. The van der Waals surface area contributed by atoms with Crippen molar-refractivity contribution in [1.29, 1.82) is 0 Å². The van der Waals surface area contributed by atoms with Crippen LogP contribution in [0.5, 0.6) is 11.5 Å². The van der Waals surface area contributed by atoms with E-state index in [2.05, 4.69) is 9.97 Å². The second-order valence-electron chi connectivity index (χ2n) is 8.28. The van der Waals surface area contributed by atoms with Crippen LogP contribution in [0.25, 0.3) is 0 Å². The average molecular weight is 412 g/mol. The van der Waals surface area contributed by atoms with Gasteiger partial charge < -0.3 is 35.1 Å². The van der Waals surface area contributed by atoms with E-state index in [0.717, 1.165) is 12.0 Å². The number of carboxylic acid groups (broad SMARTS) is 1. The first-order valence-electron chi connectivity index (χ1n) is 9.76. The fourth-order valence-corrected chi connectivity index (χ4v) is 4.24. The molecule has 1 saturated carbocycles. The van der Waals surface area contributed by atoms with Crippen LogP contribution >= 0.6 is 0 Å². The number of likely N-dealkylation sites (tertiary alicyclic amines) is 1. The Labute approximate surface area is 172 Å². The molecule has 3 atom stereocenters. The van der Waals surface area contributed by atoms with Gasteiger partial charge in [-0.15, -0.1) is 0 Å². The Balaban J connectivity index is 1.31. The smallest absolute Gasteiger partial charge is 0.526 e. The first-order valence-corrected chi connectivity index (χ1v) is 9.76. The van der Waals surface area contributed by atoms with Gasteiger partial charge in [0, 0.05) is 12.0 Å². The van der Waals surface area contributed by atoms with Gasteiger partial charge in [-0.25, -0.2) is 9.78 Å². The maximum Gasteiger partial charge on any atom is 0.526 e. The fourth-order valence-electron chi connectivity index (χ4n) is 4.24. The van der Waals surface area contributed by atoms with Crippen LogP contribution in [0.4, 0.5) is 0 Å². The lowest BCUT2D eigenvalue weighted by Crippen LogP contribution is -2.62. The van der Waals surface area contributed by atoms with E-state index in [1.807, 2.05) is 0 Å². The summed E-state index contributed by atoms with van der Waals surface area (Å²) >= 11 is 0. The van der Waals surface area contributed by atoms with E-state index in [4.69, 9.17) is 15.1 Å². The zero-order valence-electron chi connectivity index (χ0n) is 16.2. The topological polar surface area (TPSA) is 151 Å². The first kappa shape index (κ1) is 19.0. The van der Waals surface area contributed by atoms with Gasteiger partial charge in [0.25, 0.3) is 0 Å². The number of hydrogen-bond donors (Lipinski definition) is 4. The van der Waals surface area contributed by atoms with E-state index in [1.165, 1.54) is 6.33 Å². The highest BCUT2D eigenvalue weighted by Gasteiger charge is 2.54. The molecule has 1 aliphatic carbocycles. The zero-order chi connectivity index (χ0) is 21.2. The number of aromatic carboxylic acids is 1. The van der Waals surface area contributed by atoms with Gasteiger partial charge in [-0.05, 0) is 30.9 Å². The van der Waals surface area contributed by atoms with Crippen molar-refractivity contribution in [2.45, 2.75) is 36.7 Å². The number of nitrogens with one attached hydrogen (secondary N) is 1. The van der Waals surface area contributed by atoms with Crippen LogP contribution in [0.1, 0.15) is 40.9 Å². The van der Waals surface area contributed by atoms with E-state index in [-0.39, 0.29) is 53.9 Å². The van der Waals surface area contributed by atoms with Crippen LogP contribution < -0.4 is 15.1 Å². The standard InChI is InChI=1S/C19H21BN4O6/c1-19(21,14-5-22-8-23-14)18(27)24-6-9(7-24)29-13-3-2-10-11-4-12(11)20(28)30-16(10)15(13)17(25)26/h2-3,5,8-9,11-12,28H,4,6-7,21H2,1H3,(H,22,23)(H,25,26)/t11-,12-,19+/m1/s1. The number of carboxylic acids is 1. The van der Waals surface area contributed by atoms with E-state index in [9.17, 15) is 19.7 Å². The molecule has 5 N–H and O–H groups in total. The van der Waals surface area contributed by atoms with Gasteiger partial charge in [0.1, 0.15) is 28.7 Å². The number of nitrogens with two attached hydrogens (primary N) is 1.